The van der Waals surface area contributed by atoms with Gasteiger partial charge in [-0.2, -0.15) is 0 Å². The number of hydrogen-bond donors (Lipinski definition) is 1. The second-order valence-electron chi connectivity index (χ2n) is 5.36. The fourth-order valence-electron chi connectivity index (χ4n) is 2.45. The lowest BCUT2D eigenvalue weighted by Crippen LogP contribution is -2.13. The monoisotopic (exact) mass is 315 g/mol. The molecule has 0 aliphatic rings. The quantitative estimate of drug-likeness (QED) is 0.570. The summed E-state index contributed by atoms with van der Waals surface area (Å²) < 4.78 is 0. The van der Waals surface area contributed by atoms with Crippen molar-refractivity contribution < 1.29 is 9.90 Å². The molecule has 3 aromatic rings. The molecular weight excluding hydrogens is 298 g/mol. The molecule has 1 heterocycles. The molecule has 3 heteroatoms. The summed E-state index contributed by atoms with van der Waals surface area (Å²) in [6.45, 7) is 0. The lowest BCUT2D eigenvalue weighted by Gasteiger charge is -2.14. The maximum atomic E-state index is 12.9. The number of ketones is 1. The molecule has 0 fully saturated rings. The molecule has 0 aliphatic carbocycles. The van der Waals surface area contributed by atoms with Crippen molar-refractivity contribution in [3.8, 4) is 0 Å². The van der Waals surface area contributed by atoms with Gasteiger partial charge in [-0.25, -0.2) is 0 Å². The maximum Gasteiger partial charge on any atom is 0.192 e. The van der Waals surface area contributed by atoms with Gasteiger partial charge in [-0.05, 0) is 23.8 Å². The van der Waals surface area contributed by atoms with Crippen LogP contribution in [0.2, 0.25) is 0 Å². The molecule has 0 radical (unpaired) electrons. The molecule has 118 valence electrons. The summed E-state index contributed by atoms with van der Waals surface area (Å²) in [5, 5.41) is 10.7. The summed E-state index contributed by atoms with van der Waals surface area (Å²) in [6.07, 6.45) is 2.24. The van der Waals surface area contributed by atoms with Crippen LogP contribution in [-0.2, 0) is 0 Å². The summed E-state index contributed by atoms with van der Waals surface area (Å²) in [5.74, 6) is -0.211. The molecule has 0 saturated heterocycles. The zero-order valence-electron chi connectivity index (χ0n) is 13.0. The van der Waals surface area contributed by atoms with Gasteiger partial charge in [-0.15, -0.1) is 0 Å². The second kappa shape index (κ2) is 7.49. The summed E-state index contributed by atoms with van der Waals surface area (Å²) in [7, 11) is 0. The number of nitrogens with zero attached hydrogens (tertiary/aromatic N) is 1. The van der Waals surface area contributed by atoms with Crippen LogP contribution in [-0.4, -0.2) is 15.9 Å². The lowest BCUT2D eigenvalue weighted by molar-refractivity contribution is 0.0987. The molecule has 1 aromatic heterocycles. The van der Waals surface area contributed by atoms with E-state index in [0.717, 1.165) is 5.56 Å². The van der Waals surface area contributed by atoms with E-state index < -0.39 is 6.10 Å². The van der Waals surface area contributed by atoms with E-state index in [9.17, 15) is 9.90 Å². The number of carbonyl (C=O) groups is 1. The molecule has 1 N–H and O–H groups in total. The van der Waals surface area contributed by atoms with Crippen LogP contribution in [0.25, 0.3) is 6.08 Å². The zero-order chi connectivity index (χ0) is 16.8. The van der Waals surface area contributed by atoms with Crippen molar-refractivity contribution in [2.24, 2.45) is 0 Å². The number of benzene rings is 2. The third-order valence-electron chi connectivity index (χ3n) is 3.68. The Morgan fingerprint density at radius 3 is 2.12 bits per heavy atom. The van der Waals surface area contributed by atoms with Crippen molar-refractivity contribution in [2.75, 3.05) is 0 Å². The van der Waals surface area contributed by atoms with Crippen molar-refractivity contribution in [2.45, 2.75) is 6.10 Å². The van der Waals surface area contributed by atoms with Crippen LogP contribution in [0.5, 0.6) is 0 Å². The molecule has 2 aromatic carbocycles. The van der Waals surface area contributed by atoms with Crippen molar-refractivity contribution in [1.82, 2.24) is 4.98 Å². The first-order valence-electron chi connectivity index (χ1n) is 7.71. The minimum atomic E-state index is -1.08. The SMILES string of the molecule is O=C(/C(=C\c1ccccc1)C(O)c1ccccn1)c1ccccc1. The number of carbonyl (C=O) groups excluding carboxylic acids is 1. The molecule has 3 nitrogen and oxygen atoms in total. The molecule has 3 rings (SSSR count). The van der Waals surface area contributed by atoms with E-state index in [4.69, 9.17) is 0 Å². The average Bonchev–Trinajstić information content (AvgIpc) is 2.67. The first-order chi connectivity index (χ1) is 11.8. The molecule has 1 unspecified atom stereocenters. The van der Waals surface area contributed by atoms with Crippen molar-refractivity contribution in [1.29, 1.82) is 0 Å². The van der Waals surface area contributed by atoms with Crippen LogP contribution < -0.4 is 0 Å². The van der Waals surface area contributed by atoms with E-state index in [0.29, 0.717) is 16.8 Å². The van der Waals surface area contributed by atoms with Crippen molar-refractivity contribution in [3.05, 3.63) is 107 Å². The van der Waals surface area contributed by atoms with Gasteiger partial charge in [0.05, 0.1) is 5.69 Å². The zero-order valence-corrected chi connectivity index (χ0v) is 13.0. The predicted octanol–water partition coefficient (Wildman–Crippen LogP) is 4.08. The first-order valence-corrected chi connectivity index (χ1v) is 7.71. The van der Waals surface area contributed by atoms with Gasteiger partial charge in [0.1, 0.15) is 6.10 Å². The number of hydrogen-bond acceptors (Lipinski definition) is 3. The summed E-state index contributed by atoms with van der Waals surface area (Å²) >= 11 is 0. The fourth-order valence-corrected chi connectivity index (χ4v) is 2.45. The van der Waals surface area contributed by atoms with Crippen LogP contribution in [0, 0.1) is 0 Å². The van der Waals surface area contributed by atoms with Crippen molar-refractivity contribution in [3.63, 3.8) is 0 Å². The molecule has 24 heavy (non-hydrogen) atoms. The highest BCUT2D eigenvalue weighted by Crippen LogP contribution is 2.25. The van der Waals surface area contributed by atoms with E-state index in [1.54, 1.807) is 54.7 Å². The molecule has 0 spiro atoms. The minimum absolute atomic E-state index is 0.211. The number of Topliss-reactive ketones (excluding diaryl/α,β-unsaturated/α-hetero) is 1. The minimum Gasteiger partial charge on any atom is -0.382 e. The Hall–Kier alpha value is -3.04. The molecule has 0 aliphatic heterocycles. The number of aromatic nitrogens is 1. The van der Waals surface area contributed by atoms with Crippen LogP contribution in [0.1, 0.15) is 27.7 Å². The highest BCUT2D eigenvalue weighted by molar-refractivity contribution is 6.12. The normalized spacial score (nSPS) is 12.6. The van der Waals surface area contributed by atoms with Gasteiger partial charge >= 0.3 is 0 Å². The van der Waals surface area contributed by atoms with E-state index >= 15 is 0 Å². The average molecular weight is 315 g/mol. The van der Waals surface area contributed by atoms with Gasteiger partial charge in [0.2, 0.25) is 0 Å². The summed E-state index contributed by atoms with van der Waals surface area (Å²) in [4.78, 5) is 17.1. The maximum absolute atomic E-state index is 12.9. The fraction of sp³-hybridized carbons (Fsp3) is 0.0476. The van der Waals surface area contributed by atoms with Gasteiger partial charge in [0.15, 0.2) is 5.78 Å². The smallest absolute Gasteiger partial charge is 0.192 e. The predicted molar refractivity (Wildman–Crippen MR) is 94.4 cm³/mol. The van der Waals surface area contributed by atoms with Crippen LogP contribution >= 0.6 is 0 Å². The molecule has 0 saturated carbocycles. The van der Waals surface area contributed by atoms with Crippen LogP contribution in [0.3, 0.4) is 0 Å². The Bertz CT molecular complexity index is 827. The van der Waals surface area contributed by atoms with Gasteiger partial charge < -0.3 is 5.11 Å². The van der Waals surface area contributed by atoms with Crippen LogP contribution in [0.4, 0.5) is 0 Å². The van der Waals surface area contributed by atoms with E-state index in [-0.39, 0.29) is 5.78 Å². The number of aliphatic hydroxyl groups is 1. The number of aliphatic hydroxyl groups excluding tert-OH is 1. The number of pyridine rings is 1. The summed E-state index contributed by atoms with van der Waals surface area (Å²) in [6, 6.07) is 23.7. The highest BCUT2D eigenvalue weighted by atomic mass is 16.3. The number of rotatable bonds is 5. The largest absolute Gasteiger partial charge is 0.382 e. The molecule has 0 amide bonds. The first kappa shape index (κ1) is 15.8. The molecular formula is C21H17NO2. The van der Waals surface area contributed by atoms with Gasteiger partial charge in [0, 0.05) is 17.3 Å². The third-order valence-corrected chi connectivity index (χ3v) is 3.68. The Morgan fingerprint density at radius 1 is 0.875 bits per heavy atom. The van der Waals surface area contributed by atoms with E-state index in [1.165, 1.54) is 0 Å². The highest BCUT2D eigenvalue weighted by Gasteiger charge is 2.22. The standard InChI is InChI=1S/C21H17NO2/c23-20(17-11-5-2-6-12-17)18(15-16-9-3-1-4-10-16)21(24)19-13-7-8-14-22-19/h1-15,21,24H/b18-15+. The van der Waals surface area contributed by atoms with Crippen LogP contribution in [0.15, 0.2) is 90.6 Å². The Balaban J connectivity index is 2.04. The topological polar surface area (TPSA) is 50.2 Å². The Kier molecular flexibility index (Phi) is 4.94. The molecule has 1 atom stereocenters. The van der Waals surface area contributed by atoms with Gasteiger partial charge in [-0.3, -0.25) is 9.78 Å². The van der Waals surface area contributed by atoms with E-state index in [2.05, 4.69) is 4.98 Å². The Morgan fingerprint density at radius 2 is 1.50 bits per heavy atom. The van der Waals surface area contributed by atoms with Crippen molar-refractivity contribution >= 4 is 11.9 Å². The Labute approximate surface area is 140 Å². The third kappa shape index (κ3) is 3.65. The molecule has 0 bridgehead atoms. The van der Waals surface area contributed by atoms with Gasteiger partial charge in [-0.1, -0.05) is 66.7 Å². The lowest BCUT2D eigenvalue weighted by atomic mass is 9.94. The summed E-state index contributed by atoms with van der Waals surface area (Å²) in [5.41, 5.74) is 2.14. The van der Waals surface area contributed by atoms with Gasteiger partial charge in [0.25, 0.3) is 0 Å². The second-order valence-corrected chi connectivity index (χ2v) is 5.36. The van der Waals surface area contributed by atoms with E-state index in [1.807, 2.05) is 36.4 Å².